The zero-order valence-corrected chi connectivity index (χ0v) is 10.6. The summed E-state index contributed by atoms with van der Waals surface area (Å²) < 4.78 is 16.7. The van der Waals surface area contributed by atoms with Crippen molar-refractivity contribution >= 4 is 16.6 Å². The summed E-state index contributed by atoms with van der Waals surface area (Å²) in [6, 6.07) is 5.23. The molecule has 0 aliphatic rings. The van der Waals surface area contributed by atoms with Gasteiger partial charge in [-0.2, -0.15) is 0 Å². The van der Waals surface area contributed by atoms with E-state index in [0.717, 1.165) is 5.56 Å². The lowest BCUT2D eigenvalue weighted by atomic mass is 10.1. The van der Waals surface area contributed by atoms with E-state index in [9.17, 15) is 9.00 Å². The lowest BCUT2D eigenvalue weighted by Gasteiger charge is -2.09. The molecule has 0 saturated heterocycles. The first kappa shape index (κ1) is 12.9. The van der Waals surface area contributed by atoms with Crippen LogP contribution in [0.25, 0.3) is 0 Å². The van der Waals surface area contributed by atoms with Gasteiger partial charge in [0.15, 0.2) is 5.78 Å². The highest BCUT2D eigenvalue weighted by Gasteiger charge is 2.09. The molecule has 1 atom stereocenters. The van der Waals surface area contributed by atoms with E-state index in [0.29, 0.717) is 22.8 Å². The third-order valence-electron chi connectivity index (χ3n) is 2.33. The van der Waals surface area contributed by atoms with Crippen molar-refractivity contribution in [1.82, 2.24) is 0 Å². The Balaban J connectivity index is 3.06. The Morgan fingerprint density at radius 3 is 2.62 bits per heavy atom. The first-order chi connectivity index (χ1) is 7.58. The Bertz CT molecular complexity index is 413. The molecular weight excluding hydrogens is 224 g/mol. The van der Waals surface area contributed by atoms with E-state index in [1.54, 1.807) is 25.3 Å². The molecule has 0 fully saturated rings. The fourth-order valence-electron chi connectivity index (χ4n) is 1.39. The lowest BCUT2D eigenvalue weighted by Crippen LogP contribution is -2.02. The van der Waals surface area contributed by atoms with Crippen LogP contribution in [0.5, 0.6) is 5.75 Å². The van der Waals surface area contributed by atoms with Crippen LogP contribution in [-0.4, -0.2) is 22.9 Å². The van der Waals surface area contributed by atoms with Crippen LogP contribution >= 0.6 is 0 Å². The van der Waals surface area contributed by atoms with Crippen molar-refractivity contribution in [2.45, 2.75) is 19.6 Å². The molecule has 1 aromatic rings. The number of rotatable bonds is 5. The molecule has 16 heavy (non-hydrogen) atoms. The molecule has 1 aromatic carbocycles. The van der Waals surface area contributed by atoms with E-state index in [-0.39, 0.29) is 5.78 Å². The Morgan fingerprint density at radius 1 is 1.44 bits per heavy atom. The molecule has 1 unspecified atom stereocenters. The van der Waals surface area contributed by atoms with Crippen LogP contribution in [0, 0.1) is 0 Å². The first-order valence-corrected chi connectivity index (χ1v) is 6.60. The van der Waals surface area contributed by atoms with Gasteiger partial charge in [-0.1, -0.05) is 6.92 Å². The Kier molecular flexibility index (Phi) is 4.68. The molecular formula is C12H16O3S. The minimum atomic E-state index is -0.903. The van der Waals surface area contributed by atoms with Crippen LogP contribution in [0.15, 0.2) is 18.2 Å². The van der Waals surface area contributed by atoms with E-state index in [1.165, 1.54) is 6.92 Å². The van der Waals surface area contributed by atoms with Gasteiger partial charge in [-0.15, -0.1) is 0 Å². The number of ketones is 1. The largest absolute Gasteiger partial charge is 0.496 e. The van der Waals surface area contributed by atoms with Crippen molar-refractivity contribution in [2.24, 2.45) is 0 Å². The summed E-state index contributed by atoms with van der Waals surface area (Å²) in [5.74, 6) is 1.73. The fraction of sp³-hybridized carbons (Fsp3) is 0.417. The maximum absolute atomic E-state index is 11.5. The molecule has 4 heteroatoms. The summed E-state index contributed by atoms with van der Waals surface area (Å²) in [5.41, 5.74) is 1.46. The highest BCUT2D eigenvalue weighted by molar-refractivity contribution is 7.84. The molecule has 0 spiro atoms. The van der Waals surface area contributed by atoms with Crippen molar-refractivity contribution in [3.63, 3.8) is 0 Å². The van der Waals surface area contributed by atoms with Gasteiger partial charge in [0.2, 0.25) is 0 Å². The number of ether oxygens (including phenoxy) is 1. The number of carbonyl (C=O) groups is 1. The van der Waals surface area contributed by atoms with Gasteiger partial charge in [-0.25, -0.2) is 0 Å². The third-order valence-corrected chi connectivity index (χ3v) is 3.60. The molecule has 0 N–H and O–H groups in total. The van der Waals surface area contributed by atoms with E-state index < -0.39 is 10.8 Å². The van der Waals surface area contributed by atoms with Gasteiger partial charge in [0.05, 0.1) is 12.9 Å². The monoisotopic (exact) mass is 240 g/mol. The average molecular weight is 240 g/mol. The van der Waals surface area contributed by atoms with Gasteiger partial charge >= 0.3 is 0 Å². The van der Waals surface area contributed by atoms with Crippen LogP contribution < -0.4 is 4.74 Å². The number of hydrogen-bond acceptors (Lipinski definition) is 3. The standard InChI is InChI=1S/C12H16O3S/c1-4-16(14)8-11-7-10(9(2)13)5-6-12(11)15-3/h5-7H,4,8H2,1-3H3. The summed E-state index contributed by atoms with van der Waals surface area (Å²) in [6.07, 6.45) is 0. The second kappa shape index (κ2) is 5.80. The summed E-state index contributed by atoms with van der Waals surface area (Å²) >= 11 is 0. The topological polar surface area (TPSA) is 43.4 Å². The van der Waals surface area contributed by atoms with Gasteiger partial charge in [0.25, 0.3) is 0 Å². The molecule has 0 bridgehead atoms. The number of Topliss-reactive ketones (excluding diaryl/α,β-unsaturated/α-hetero) is 1. The van der Waals surface area contributed by atoms with Gasteiger partial charge in [0, 0.05) is 27.7 Å². The van der Waals surface area contributed by atoms with E-state index in [4.69, 9.17) is 4.74 Å². The Hall–Kier alpha value is -1.16. The number of carbonyl (C=O) groups excluding carboxylic acids is 1. The van der Waals surface area contributed by atoms with Crippen LogP contribution in [0.4, 0.5) is 0 Å². The van der Waals surface area contributed by atoms with Crippen molar-refractivity contribution in [3.8, 4) is 5.75 Å². The summed E-state index contributed by atoms with van der Waals surface area (Å²) in [7, 11) is 0.668. The smallest absolute Gasteiger partial charge is 0.159 e. The highest BCUT2D eigenvalue weighted by atomic mass is 32.2. The zero-order chi connectivity index (χ0) is 12.1. The second-order valence-electron chi connectivity index (χ2n) is 3.46. The van der Waals surface area contributed by atoms with E-state index in [1.807, 2.05) is 6.92 Å². The first-order valence-electron chi connectivity index (χ1n) is 5.11. The zero-order valence-electron chi connectivity index (χ0n) is 9.78. The van der Waals surface area contributed by atoms with Gasteiger partial charge in [-0.3, -0.25) is 9.00 Å². The van der Waals surface area contributed by atoms with Gasteiger partial charge in [-0.05, 0) is 25.1 Å². The highest BCUT2D eigenvalue weighted by Crippen LogP contribution is 2.21. The van der Waals surface area contributed by atoms with Crippen LogP contribution in [-0.2, 0) is 16.6 Å². The van der Waals surface area contributed by atoms with E-state index in [2.05, 4.69) is 0 Å². The van der Waals surface area contributed by atoms with Crippen LogP contribution in [0.3, 0.4) is 0 Å². The quantitative estimate of drug-likeness (QED) is 0.741. The fourth-order valence-corrected chi connectivity index (χ4v) is 2.16. The predicted octanol–water partition coefficient (Wildman–Crippen LogP) is 2.17. The summed E-state index contributed by atoms with van der Waals surface area (Å²) in [5, 5.41) is 0. The molecule has 0 saturated carbocycles. The van der Waals surface area contributed by atoms with Crippen molar-refractivity contribution in [2.75, 3.05) is 12.9 Å². The third kappa shape index (κ3) is 3.17. The van der Waals surface area contributed by atoms with E-state index >= 15 is 0 Å². The summed E-state index contributed by atoms with van der Waals surface area (Å²) in [4.78, 5) is 11.2. The molecule has 0 aromatic heterocycles. The van der Waals surface area contributed by atoms with Gasteiger partial charge in [0.1, 0.15) is 5.75 Å². The molecule has 1 rings (SSSR count). The SMILES string of the molecule is CCS(=O)Cc1cc(C(C)=O)ccc1OC. The van der Waals surface area contributed by atoms with Crippen molar-refractivity contribution in [1.29, 1.82) is 0 Å². The summed E-state index contributed by atoms with van der Waals surface area (Å²) in [6.45, 7) is 3.39. The molecule has 0 aliphatic heterocycles. The van der Waals surface area contributed by atoms with Crippen molar-refractivity contribution in [3.05, 3.63) is 29.3 Å². The maximum Gasteiger partial charge on any atom is 0.159 e. The lowest BCUT2D eigenvalue weighted by molar-refractivity contribution is 0.101. The Morgan fingerprint density at radius 2 is 2.12 bits per heavy atom. The second-order valence-corrected chi connectivity index (χ2v) is 5.20. The van der Waals surface area contributed by atoms with Crippen molar-refractivity contribution < 1.29 is 13.7 Å². The molecule has 0 radical (unpaired) electrons. The number of methoxy groups -OCH3 is 1. The predicted molar refractivity (Wildman–Crippen MR) is 65.4 cm³/mol. The Labute approximate surface area is 98.3 Å². The minimum Gasteiger partial charge on any atom is -0.496 e. The minimum absolute atomic E-state index is 0.00573. The maximum atomic E-state index is 11.5. The van der Waals surface area contributed by atoms with Crippen LogP contribution in [0.1, 0.15) is 29.8 Å². The molecule has 0 heterocycles. The van der Waals surface area contributed by atoms with Crippen LogP contribution in [0.2, 0.25) is 0 Å². The van der Waals surface area contributed by atoms with Gasteiger partial charge < -0.3 is 4.74 Å². The molecule has 88 valence electrons. The number of benzene rings is 1. The molecule has 0 aliphatic carbocycles. The molecule has 0 amide bonds. The molecule has 3 nitrogen and oxygen atoms in total. The number of hydrogen-bond donors (Lipinski definition) is 0. The normalized spacial score (nSPS) is 12.2. The average Bonchev–Trinajstić information content (AvgIpc) is 2.28.